The van der Waals surface area contributed by atoms with Crippen LogP contribution in [0.1, 0.15) is 32.1 Å². The molecule has 4 heteroatoms. The van der Waals surface area contributed by atoms with Crippen molar-refractivity contribution in [1.82, 2.24) is 4.90 Å². The van der Waals surface area contributed by atoms with Gasteiger partial charge in [0.1, 0.15) is 5.54 Å². The first-order valence-corrected chi connectivity index (χ1v) is 6.50. The average Bonchev–Trinajstić information content (AvgIpc) is 2.69. The van der Waals surface area contributed by atoms with Crippen LogP contribution in [-0.2, 0) is 4.74 Å². The third kappa shape index (κ3) is 4.27. The average molecular weight is 239 g/mol. The highest BCUT2D eigenvalue weighted by Gasteiger charge is 2.39. The van der Waals surface area contributed by atoms with E-state index in [2.05, 4.69) is 18.0 Å². The fourth-order valence-electron chi connectivity index (χ4n) is 2.62. The molecular weight excluding hydrogens is 214 g/mol. The van der Waals surface area contributed by atoms with Crippen molar-refractivity contribution in [3.63, 3.8) is 0 Å². The summed E-state index contributed by atoms with van der Waals surface area (Å²) >= 11 is 0. The number of nitrogens with zero attached hydrogens (tertiary/aromatic N) is 2. The van der Waals surface area contributed by atoms with Crippen LogP contribution in [-0.4, -0.2) is 44.3 Å². The smallest absolute Gasteiger partial charge is 0.107 e. The summed E-state index contributed by atoms with van der Waals surface area (Å²) in [6.07, 6.45) is 5.16. The Morgan fingerprint density at radius 3 is 2.94 bits per heavy atom. The molecule has 0 radical (unpaired) electrons. The van der Waals surface area contributed by atoms with Crippen molar-refractivity contribution in [3.05, 3.63) is 0 Å². The molecule has 17 heavy (non-hydrogen) atoms. The summed E-state index contributed by atoms with van der Waals surface area (Å²) in [5.41, 5.74) is 5.55. The maximum Gasteiger partial charge on any atom is 0.107 e. The molecule has 0 aromatic carbocycles. The Hall–Kier alpha value is -0.630. The first-order valence-electron chi connectivity index (χ1n) is 6.50. The summed E-state index contributed by atoms with van der Waals surface area (Å²) in [5, 5.41) is 9.13. The zero-order valence-corrected chi connectivity index (χ0v) is 11.1. The molecule has 1 saturated carbocycles. The monoisotopic (exact) mass is 239 g/mol. The lowest BCUT2D eigenvalue weighted by Crippen LogP contribution is -2.42. The van der Waals surface area contributed by atoms with E-state index in [0.29, 0.717) is 5.92 Å². The van der Waals surface area contributed by atoms with Gasteiger partial charge in [-0.05, 0) is 45.2 Å². The van der Waals surface area contributed by atoms with Gasteiger partial charge in [0.2, 0.25) is 0 Å². The normalized spacial score (nSPS) is 28.5. The van der Waals surface area contributed by atoms with E-state index >= 15 is 0 Å². The van der Waals surface area contributed by atoms with Crippen LogP contribution in [0.4, 0.5) is 0 Å². The van der Waals surface area contributed by atoms with Gasteiger partial charge in [-0.3, -0.25) is 0 Å². The third-order valence-corrected chi connectivity index (χ3v) is 3.83. The van der Waals surface area contributed by atoms with E-state index in [-0.39, 0.29) is 0 Å². The molecule has 0 aromatic heterocycles. The van der Waals surface area contributed by atoms with Crippen LogP contribution in [0, 0.1) is 17.2 Å². The molecule has 1 aliphatic carbocycles. The molecule has 0 saturated heterocycles. The van der Waals surface area contributed by atoms with Crippen LogP contribution in [0.5, 0.6) is 0 Å². The fourth-order valence-corrected chi connectivity index (χ4v) is 2.62. The maximum atomic E-state index is 9.13. The van der Waals surface area contributed by atoms with E-state index in [4.69, 9.17) is 15.7 Å². The van der Waals surface area contributed by atoms with Gasteiger partial charge in [-0.25, -0.2) is 0 Å². The van der Waals surface area contributed by atoms with Gasteiger partial charge in [0.05, 0.1) is 6.07 Å². The van der Waals surface area contributed by atoms with E-state index < -0.39 is 5.54 Å². The Bertz CT molecular complexity index is 264. The summed E-state index contributed by atoms with van der Waals surface area (Å²) in [4.78, 5) is 2.30. The van der Waals surface area contributed by atoms with Gasteiger partial charge in [-0.15, -0.1) is 0 Å². The lowest BCUT2D eigenvalue weighted by molar-refractivity contribution is 0.176. The zero-order chi connectivity index (χ0) is 12.7. The predicted octanol–water partition coefficient (Wildman–Crippen LogP) is 1.37. The summed E-state index contributed by atoms with van der Waals surface area (Å²) < 4.78 is 5.03. The molecule has 0 heterocycles. The standard InChI is InChI=1S/C13H25N3O/c1-16(8-4-10-17-2)9-6-12-5-3-7-13(12,15)11-14/h12H,3-10,15H2,1-2H3. The SMILES string of the molecule is COCCCN(C)CCC1CCCC1(N)C#N. The third-order valence-electron chi connectivity index (χ3n) is 3.83. The predicted molar refractivity (Wildman–Crippen MR) is 68.5 cm³/mol. The second-order valence-corrected chi connectivity index (χ2v) is 5.18. The topological polar surface area (TPSA) is 62.3 Å². The van der Waals surface area contributed by atoms with E-state index in [1.54, 1.807) is 7.11 Å². The quantitative estimate of drug-likeness (QED) is 0.682. The number of hydrogen-bond donors (Lipinski definition) is 1. The summed E-state index contributed by atoms with van der Waals surface area (Å²) in [7, 11) is 3.85. The largest absolute Gasteiger partial charge is 0.385 e. The number of methoxy groups -OCH3 is 1. The molecule has 0 spiro atoms. The van der Waals surface area contributed by atoms with Crippen molar-refractivity contribution in [2.45, 2.75) is 37.6 Å². The summed E-state index contributed by atoms with van der Waals surface area (Å²) in [6, 6.07) is 2.31. The second-order valence-electron chi connectivity index (χ2n) is 5.18. The van der Waals surface area contributed by atoms with Gasteiger partial charge in [0, 0.05) is 20.3 Å². The molecule has 2 N–H and O–H groups in total. The van der Waals surface area contributed by atoms with Crippen LogP contribution in [0.3, 0.4) is 0 Å². The molecule has 0 aromatic rings. The maximum absolute atomic E-state index is 9.13. The number of nitrogens with two attached hydrogens (primary N) is 1. The van der Waals surface area contributed by atoms with Crippen LogP contribution in [0.2, 0.25) is 0 Å². The van der Waals surface area contributed by atoms with Crippen LogP contribution < -0.4 is 5.73 Å². The lowest BCUT2D eigenvalue weighted by Gasteiger charge is -2.26. The second kappa shape index (κ2) is 6.95. The zero-order valence-electron chi connectivity index (χ0n) is 11.1. The number of nitriles is 1. The Kier molecular flexibility index (Phi) is 5.90. The Balaban J connectivity index is 2.24. The van der Waals surface area contributed by atoms with Crippen molar-refractivity contribution < 1.29 is 4.74 Å². The molecule has 1 fully saturated rings. The first-order chi connectivity index (χ1) is 8.12. The Morgan fingerprint density at radius 2 is 2.29 bits per heavy atom. The fraction of sp³-hybridized carbons (Fsp3) is 0.923. The van der Waals surface area contributed by atoms with Gasteiger partial charge >= 0.3 is 0 Å². The van der Waals surface area contributed by atoms with Crippen LogP contribution in [0.25, 0.3) is 0 Å². The van der Waals surface area contributed by atoms with Gasteiger partial charge in [-0.2, -0.15) is 5.26 Å². The molecule has 98 valence electrons. The Labute approximate surface area is 105 Å². The molecule has 0 aliphatic heterocycles. The minimum atomic E-state index is -0.562. The molecule has 1 aliphatic rings. The highest BCUT2D eigenvalue weighted by atomic mass is 16.5. The minimum Gasteiger partial charge on any atom is -0.385 e. The summed E-state index contributed by atoms with van der Waals surface area (Å²) in [5.74, 6) is 0.373. The van der Waals surface area contributed by atoms with E-state index in [9.17, 15) is 0 Å². The number of rotatable bonds is 7. The van der Waals surface area contributed by atoms with Crippen molar-refractivity contribution in [1.29, 1.82) is 5.26 Å². The highest BCUT2D eigenvalue weighted by molar-refractivity contribution is 5.11. The molecule has 0 amide bonds. The molecule has 1 rings (SSSR count). The highest BCUT2D eigenvalue weighted by Crippen LogP contribution is 2.35. The van der Waals surface area contributed by atoms with Crippen molar-refractivity contribution in [2.24, 2.45) is 11.7 Å². The molecule has 2 atom stereocenters. The molecule has 2 unspecified atom stereocenters. The van der Waals surface area contributed by atoms with Gasteiger partial charge in [0.25, 0.3) is 0 Å². The van der Waals surface area contributed by atoms with Crippen LogP contribution >= 0.6 is 0 Å². The van der Waals surface area contributed by atoms with Gasteiger partial charge in [0.15, 0.2) is 0 Å². The molecule has 4 nitrogen and oxygen atoms in total. The molecule has 0 bridgehead atoms. The number of hydrogen-bond acceptors (Lipinski definition) is 4. The van der Waals surface area contributed by atoms with Crippen molar-refractivity contribution >= 4 is 0 Å². The molecular formula is C13H25N3O. The van der Waals surface area contributed by atoms with E-state index in [0.717, 1.165) is 51.8 Å². The first kappa shape index (κ1) is 14.4. The number of ether oxygens (including phenoxy) is 1. The van der Waals surface area contributed by atoms with Crippen molar-refractivity contribution in [3.8, 4) is 6.07 Å². The van der Waals surface area contributed by atoms with E-state index in [1.165, 1.54) is 0 Å². The summed E-state index contributed by atoms with van der Waals surface area (Å²) in [6.45, 7) is 2.88. The van der Waals surface area contributed by atoms with Crippen molar-refractivity contribution in [2.75, 3.05) is 33.9 Å². The minimum absolute atomic E-state index is 0.373. The van der Waals surface area contributed by atoms with Crippen LogP contribution in [0.15, 0.2) is 0 Å². The van der Waals surface area contributed by atoms with Gasteiger partial charge in [-0.1, -0.05) is 6.42 Å². The van der Waals surface area contributed by atoms with E-state index in [1.807, 2.05) is 0 Å². The Morgan fingerprint density at radius 1 is 1.53 bits per heavy atom. The lowest BCUT2D eigenvalue weighted by atomic mass is 9.87. The van der Waals surface area contributed by atoms with Gasteiger partial charge < -0.3 is 15.4 Å².